The first-order chi connectivity index (χ1) is 11.4. The van der Waals surface area contributed by atoms with E-state index >= 15 is 0 Å². The summed E-state index contributed by atoms with van der Waals surface area (Å²) in [4.78, 5) is 17.1. The van der Waals surface area contributed by atoms with Gasteiger partial charge in [0.2, 0.25) is 11.2 Å². The Kier molecular flexibility index (Phi) is 3.64. The summed E-state index contributed by atoms with van der Waals surface area (Å²) in [6.45, 7) is 0. The van der Waals surface area contributed by atoms with Crippen molar-refractivity contribution in [2.45, 2.75) is 0 Å². The lowest BCUT2D eigenvalue weighted by Gasteiger charge is -2.09. The van der Waals surface area contributed by atoms with Crippen LogP contribution in [-0.4, -0.2) is 20.4 Å². The van der Waals surface area contributed by atoms with Crippen LogP contribution in [-0.2, 0) is 0 Å². The second-order valence-electron chi connectivity index (χ2n) is 4.85. The Hall–Kier alpha value is -3.43. The van der Waals surface area contributed by atoms with Gasteiger partial charge in [-0.15, -0.1) is 0 Å². The molecular weight excluding hydrogens is 320 g/mol. The van der Waals surface area contributed by atoms with Crippen LogP contribution in [0.2, 0.25) is 0 Å². The van der Waals surface area contributed by atoms with Gasteiger partial charge in [-0.25, -0.2) is 5.84 Å². The van der Waals surface area contributed by atoms with Crippen LogP contribution in [0, 0.1) is 0 Å². The number of benzene rings is 2. The van der Waals surface area contributed by atoms with Gasteiger partial charge in [0.1, 0.15) is 16.7 Å². The van der Waals surface area contributed by atoms with E-state index in [9.17, 15) is 25.2 Å². The highest BCUT2D eigenvalue weighted by Crippen LogP contribution is 2.37. The van der Waals surface area contributed by atoms with Crippen LogP contribution in [0.5, 0.6) is 28.7 Å². The minimum absolute atomic E-state index is 0.0656. The van der Waals surface area contributed by atoms with E-state index in [1.165, 1.54) is 18.2 Å². The fourth-order valence-corrected chi connectivity index (χ4v) is 2.25. The smallest absolute Gasteiger partial charge is 0.238 e. The normalized spacial score (nSPS) is 10.9. The number of phenols is 3. The maximum atomic E-state index is 12.3. The molecule has 0 saturated carbocycles. The topological polar surface area (TPSA) is 158 Å². The van der Waals surface area contributed by atoms with E-state index in [-0.39, 0.29) is 33.8 Å². The largest absolute Gasteiger partial charge is 0.507 e. The first kappa shape index (κ1) is 15.5. The number of fused-ring (bicyclic) bond motifs is 1. The monoisotopic (exact) mass is 332 g/mol. The second-order valence-corrected chi connectivity index (χ2v) is 4.85. The number of aromatic hydroxyl groups is 4. The number of nitrogens with two attached hydrogens (primary N) is 1. The van der Waals surface area contributed by atoms with Gasteiger partial charge in [-0.2, -0.15) is 0 Å². The van der Waals surface area contributed by atoms with Crippen LogP contribution in [0.15, 0.2) is 39.5 Å². The van der Waals surface area contributed by atoms with Gasteiger partial charge in [0.25, 0.3) is 0 Å². The van der Waals surface area contributed by atoms with Gasteiger partial charge in [-0.3, -0.25) is 4.79 Å². The van der Waals surface area contributed by atoms with Crippen molar-refractivity contribution in [1.29, 1.82) is 0 Å². The van der Waals surface area contributed by atoms with E-state index < -0.39 is 22.7 Å². The number of hydrogen-bond donors (Lipinski definition) is 6. The predicted octanol–water partition coefficient (Wildman–Crippen LogP) is 1.04. The SMILES string of the molecule is NNOc1cc(O)c2c(=O)c(O)c(-c3ccc(O)c(O)c3)oc2c1. The average Bonchev–Trinajstić information content (AvgIpc) is 2.53. The van der Waals surface area contributed by atoms with Crippen molar-refractivity contribution in [3.05, 3.63) is 40.6 Å². The van der Waals surface area contributed by atoms with Crippen molar-refractivity contribution >= 4 is 11.0 Å². The molecule has 0 aliphatic rings. The molecule has 0 bridgehead atoms. The average molecular weight is 332 g/mol. The molecule has 0 radical (unpaired) electrons. The summed E-state index contributed by atoms with van der Waals surface area (Å²) in [6.07, 6.45) is 0. The van der Waals surface area contributed by atoms with Crippen molar-refractivity contribution in [3.8, 4) is 40.1 Å². The molecule has 1 heterocycles. The Labute approximate surface area is 133 Å². The molecule has 0 saturated heterocycles. The zero-order chi connectivity index (χ0) is 17.4. The van der Waals surface area contributed by atoms with Crippen LogP contribution in [0.25, 0.3) is 22.3 Å². The van der Waals surface area contributed by atoms with Crippen LogP contribution >= 0.6 is 0 Å². The van der Waals surface area contributed by atoms with Crippen molar-refractivity contribution < 1.29 is 29.7 Å². The molecule has 0 fully saturated rings. The third-order valence-corrected chi connectivity index (χ3v) is 3.34. The molecule has 0 spiro atoms. The van der Waals surface area contributed by atoms with E-state index in [4.69, 9.17) is 15.1 Å². The Balaban J connectivity index is 2.31. The number of rotatable bonds is 3. The zero-order valence-corrected chi connectivity index (χ0v) is 12.0. The summed E-state index contributed by atoms with van der Waals surface area (Å²) in [5, 5.41) is 38.7. The van der Waals surface area contributed by atoms with Crippen LogP contribution in [0.4, 0.5) is 0 Å². The molecule has 0 amide bonds. The minimum Gasteiger partial charge on any atom is -0.507 e. The summed E-state index contributed by atoms with van der Waals surface area (Å²) in [7, 11) is 0. The summed E-state index contributed by atoms with van der Waals surface area (Å²) < 4.78 is 5.47. The van der Waals surface area contributed by atoms with E-state index in [1.807, 2.05) is 5.59 Å². The first-order valence-corrected chi connectivity index (χ1v) is 6.60. The van der Waals surface area contributed by atoms with Gasteiger partial charge in [0, 0.05) is 17.7 Å². The lowest BCUT2D eigenvalue weighted by atomic mass is 10.1. The molecule has 3 aromatic rings. The van der Waals surface area contributed by atoms with E-state index in [2.05, 4.69) is 0 Å². The molecule has 9 nitrogen and oxygen atoms in total. The Morgan fingerprint density at radius 3 is 2.42 bits per heavy atom. The van der Waals surface area contributed by atoms with E-state index in [0.717, 1.165) is 12.1 Å². The summed E-state index contributed by atoms with van der Waals surface area (Å²) >= 11 is 0. The number of hydrazine groups is 1. The number of nitrogens with one attached hydrogen (secondary N) is 1. The van der Waals surface area contributed by atoms with Crippen LogP contribution in [0.1, 0.15) is 0 Å². The van der Waals surface area contributed by atoms with Gasteiger partial charge in [-0.05, 0) is 18.2 Å². The third-order valence-electron chi connectivity index (χ3n) is 3.34. The van der Waals surface area contributed by atoms with Crippen molar-refractivity contribution in [1.82, 2.24) is 5.59 Å². The molecule has 0 atom stereocenters. The van der Waals surface area contributed by atoms with Gasteiger partial charge in [0.15, 0.2) is 23.0 Å². The molecule has 2 aromatic carbocycles. The molecule has 0 aliphatic heterocycles. The summed E-state index contributed by atoms with van der Waals surface area (Å²) in [6, 6.07) is 6.01. The standard InChI is InChI=1S/C15H12N2O7/c16-17-24-7-4-10(20)12-11(5-7)23-15(14(22)13(12)21)6-1-2-8(18)9(19)3-6/h1-5,17-20,22H,16H2. The maximum Gasteiger partial charge on any atom is 0.238 e. The third kappa shape index (κ3) is 2.43. The Morgan fingerprint density at radius 2 is 1.75 bits per heavy atom. The molecule has 24 heavy (non-hydrogen) atoms. The van der Waals surface area contributed by atoms with Gasteiger partial charge in [0.05, 0.1) is 0 Å². The fourth-order valence-electron chi connectivity index (χ4n) is 2.25. The molecule has 3 rings (SSSR count). The Morgan fingerprint density at radius 1 is 1.00 bits per heavy atom. The Bertz CT molecular complexity index is 997. The van der Waals surface area contributed by atoms with Crippen LogP contribution < -0.4 is 21.7 Å². The van der Waals surface area contributed by atoms with Crippen molar-refractivity contribution in [3.63, 3.8) is 0 Å². The molecule has 0 unspecified atom stereocenters. The van der Waals surface area contributed by atoms with E-state index in [1.54, 1.807) is 0 Å². The molecule has 7 N–H and O–H groups in total. The fraction of sp³-hybridized carbons (Fsp3) is 0. The summed E-state index contributed by atoms with van der Waals surface area (Å²) in [5.41, 5.74) is 1.11. The number of hydrogen-bond acceptors (Lipinski definition) is 9. The lowest BCUT2D eigenvalue weighted by Crippen LogP contribution is -2.25. The molecule has 124 valence electrons. The second kappa shape index (κ2) is 5.65. The van der Waals surface area contributed by atoms with Crippen molar-refractivity contribution in [2.24, 2.45) is 5.84 Å². The quantitative estimate of drug-likeness (QED) is 0.234. The van der Waals surface area contributed by atoms with E-state index in [0.29, 0.717) is 0 Å². The predicted molar refractivity (Wildman–Crippen MR) is 82.5 cm³/mol. The highest BCUT2D eigenvalue weighted by atomic mass is 16.7. The highest BCUT2D eigenvalue weighted by molar-refractivity contribution is 5.88. The van der Waals surface area contributed by atoms with Gasteiger partial charge >= 0.3 is 0 Å². The highest BCUT2D eigenvalue weighted by Gasteiger charge is 2.19. The van der Waals surface area contributed by atoms with Crippen LogP contribution in [0.3, 0.4) is 0 Å². The molecular formula is C15H12N2O7. The van der Waals surface area contributed by atoms with Crippen molar-refractivity contribution in [2.75, 3.05) is 0 Å². The molecule has 1 aromatic heterocycles. The molecule has 0 aliphatic carbocycles. The maximum absolute atomic E-state index is 12.3. The minimum atomic E-state index is -0.872. The van der Waals surface area contributed by atoms with Gasteiger partial charge < -0.3 is 29.7 Å². The molecule has 9 heteroatoms. The summed E-state index contributed by atoms with van der Waals surface area (Å²) in [5.74, 6) is 2.78. The first-order valence-electron chi connectivity index (χ1n) is 6.60. The number of phenolic OH excluding ortho intramolecular Hbond substituents is 3. The zero-order valence-electron chi connectivity index (χ0n) is 12.0. The lowest BCUT2D eigenvalue weighted by molar-refractivity contribution is 0.198. The van der Waals surface area contributed by atoms with Gasteiger partial charge in [-0.1, -0.05) is 5.59 Å².